The van der Waals surface area contributed by atoms with E-state index in [1.54, 1.807) is 0 Å². The molecular formula is C26H18Cl2F3NO6. The fourth-order valence-corrected chi connectivity index (χ4v) is 4.92. The highest BCUT2D eigenvalue weighted by atomic mass is 35.5. The average molecular weight is 568 g/mol. The summed E-state index contributed by atoms with van der Waals surface area (Å²) < 4.78 is 50.8. The highest BCUT2D eigenvalue weighted by Crippen LogP contribution is 2.48. The van der Waals surface area contributed by atoms with E-state index in [0.717, 1.165) is 17.0 Å². The molecule has 38 heavy (non-hydrogen) atoms. The number of nitrogens with zero attached hydrogens (tertiary/aromatic N) is 1. The molecule has 7 nitrogen and oxygen atoms in total. The van der Waals surface area contributed by atoms with Crippen LogP contribution in [0.4, 0.5) is 18.9 Å². The van der Waals surface area contributed by atoms with Gasteiger partial charge in [0.25, 0.3) is 11.7 Å². The molecule has 1 aliphatic heterocycles. The Bertz CT molecular complexity index is 1490. The Morgan fingerprint density at radius 1 is 0.974 bits per heavy atom. The summed E-state index contributed by atoms with van der Waals surface area (Å²) in [4.78, 5) is 27.4. The number of phenolic OH excluding ortho intramolecular Hbond substituents is 1. The van der Waals surface area contributed by atoms with Gasteiger partial charge in [0.05, 0.1) is 42.0 Å². The molecule has 1 atom stereocenters. The minimum atomic E-state index is -4.73. The SMILES string of the molecule is COc1c(Cl)cc(/C(O)=C2\C(=O)C(=O)N(c3cccc(C(F)(F)F)c3)C2c2cccc(O)c2)c(OC)c1Cl. The molecule has 12 heteroatoms. The third-order valence-electron chi connectivity index (χ3n) is 5.88. The number of phenols is 1. The van der Waals surface area contributed by atoms with E-state index < -0.39 is 40.8 Å². The number of carbonyl (C=O) groups excluding carboxylic acids is 2. The summed E-state index contributed by atoms with van der Waals surface area (Å²) in [5, 5.41) is 21.3. The predicted octanol–water partition coefficient (Wildman–Crippen LogP) is 6.36. The number of amides is 1. The van der Waals surface area contributed by atoms with Crippen LogP contribution in [-0.4, -0.2) is 36.1 Å². The Morgan fingerprint density at radius 2 is 1.63 bits per heavy atom. The lowest BCUT2D eigenvalue weighted by Crippen LogP contribution is -2.29. The summed E-state index contributed by atoms with van der Waals surface area (Å²) in [5.41, 5.74) is -1.84. The lowest BCUT2D eigenvalue weighted by Gasteiger charge is -2.26. The zero-order chi connectivity index (χ0) is 27.9. The van der Waals surface area contributed by atoms with E-state index in [9.17, 15) is 33.0 Å². The van der Waals surface area contributed by atoms with Crippen LogP contribution in [0.5, 0.6) is 17.2 Å². The first-order valence-corrected chi connectivity index (χ1v) is 11.5. The van der Waals surface area contributed by atoms with Gasteiger partial charge in [-0.1, -0.05) is 41.4 Å². The van der Waals surface area contributed by atoms with Crippen LogP contribution in [0.15, 0.2) is 60.2 Å². The largest absolute Gasteiger partial charge is 0.508 e. The number of aliphatic hydroxyl groups excluding tert-OH is 1. The van der Waals surface area contributed by atoms with Crippen LogP contribution in [0.1, 0.15) is 22.7 Å². The number of alkyl halides is 3. The number of hydrogen-bond acceptors (Lipinski definition) is 6. The highest BCUT2D eigenvalue weighted by Gasteiger charge is 2.48. The second kappa shape index (κ2) is 10.1. The van der Waals surface area contributed by atoms with Crippen LogP contribution in [0.3, 0.4) is 0 Å². The fraction of sp³-hybridized carbons (Fsp3) is 0.154. The number of aromatic hydroxyl groups is 1. The molecule has 3 aromatic rings. The number of ether oxygens (including phenoxy) is 2. The fourth-order valence-electron chi connectivity index (χ4n) is 4.23. The van der Waals surface area contributed by atoms with Crippen molar-refractivity contribution in [2.24, 2.45) is 0 Å². The van der Waals surface area contributed by atoms with Gasteiger partial charge in [0.2, 0.25) is 0 Å². The first-order valence-electron chi connectivity index (χ1n) is 10.8. The van der Waals surface area contributed by atoms with E-state index in [1.807, 2.05) is 0 Å². The molecule has 1 aliphatic rings. The topological polar surface area (TPSA) is 96.3 Å². The number of anilines is 1. The molecule has 3 aromatic carbocycles. The van der Waals surface area contributed by atoms with Crippen molar-refractivity contribution in [2.45, 2.75) is 12.2 Å². The minimum absolute atomic E-state index is 0.0238. The molecule has 0 spiro atoms. The Morgan fingerprint density at radius 3 is 2.24 bits per heavy atom. The number of aliphatic hydroxyl groups is 1. The molecular weight excluding hydrogens is 550 g/mol. The van der Waals surface area contributed by atoms with Crippen LogP contribution in [0.25, 0.3) is 5.76 Å². The van der Waals surface area contributed by atoms with Crippen LogP contribution < -0.4 is 14.4 Å². The van der Waals surface area contributed by atoms with Crippen molar-refractivity contribution in [1.29, 1.82) is 0 Å². The molecule has 0 aliphatic carbocycles. The maximum Gasteiger partial charge on any atom is 0.416 e. The van der Waals surface area contributed by atoms with Crippen LogP contribution in [0.2, 0.25) is 10.0 Å². The van der Waals surface area contributed by atoms with Crippen LogP contribution >= 0.6 is 23.2 Å². The molecule has 0 saturated carbocycles. The lowest BCUT2D eigenvalue weighted by molar-refractivity contribution is -0.137. The maximum atomic E-state index is 13.4. The lowest BCUT2D eigenvalue weighted by atomic mass is 9.94. The minimum Gasteiger partial charge on any atom is -0.508 e. The standard InChI is InChI=1S/C26H18Cl2F3NO6/c1-37-23-16(11-17(27)24(38-2)19(23)28)21(34)18-20(12-5-3-8-15(33)9-12)32(25(36)22(18)35)14-7-4-6-13(10-14)26(29,30)31/h3-11,20,33-34H,1-2H3/b21-18+. The van der Waals surface area contributed by atoms with E-state index in [0.29, 0.717) is 6.07 Å². The number of rotatable bonds is 5. The van der Waals surface area contributed by atoms with Crippen molar-refractivity contribution in [3.05, 3.63) is 86.9 Å². The molecule has 1 heterocycles. The number of Topliss-reactive ketones (excluding diaryl/α,β-unsaturated/α-hetero) is 1. The van der Waals surface area contributed by atoms with Crippen molar-refractivity contribution in [3.63, 3.8) is 0 Å². The summed E-state index contributed by atoms with van der Waals surface area (Å²) in [6, 6.07) is 9.00. The molecule has 0 aromatic heterocycles. The average Bonchev–Trinajstić information content (AvgIpc) is 3.13. The number of benzene rings is 3. The van der Waals surface area contributed by atoms with Gasteiger partial charge < -0.3 is 19.7 Å². The third kappa shape index (κ3) is 4.61. The van der Waals surface area contributed by atoms with Crippen LogP contribution in [0, 0.1) is 0 Å². The number of ketones is 1. The summed E-state index contributed by atoms with van der Waals surface area (Å²) >= 11 is 12.6. The molecule has 1 unspecified atom stereocenters. The normalized spacial score (nSPS) is 17.1. The molecule has 1 fully saturated rings. The van der Waals surface area contributed by atoms with Gasteiger partial charge in [0.15, 0.2) is 11.5 Å². The molecule has 4 rings (SSSR count). The molecule has 198 valence electrons. The summed E-state index contributed by atoms with van der Waals surface area (Å²) in [6.07, 6.45) is -4.73. The monoisotopic (exact) mass is 567 g/mol. The van der Waals surface area contributed by atoms with Gasteiger partial charge in [-0.15, -0.1) is 0 Å². The van der Waals surface area contributed by atoms with Gasteiger partial charge in [-0.2, -0.15) is 13.2 Å². The molecule has 1 amide bonds. The van der Waals surface area contributed by atoms with E-state index in [1.165, 1.54) is 50.6 Å². The third-order valence-corrected chi connectivity index (χ3v) is 6.50. The van der Waals surface area contributed by atoms with Gasteiger partial charge in [0, 0.05) is 5.69 Å². The zero-order valence-corrected chi connectivity index (χ0v) is 21.1. The van der Waals surface area contributed by atoms with E-state index >= 15 is 0 Å². The number of hydrogen-bond donors (Lipinski definition) is 2. The summed E-state index contributed by atoms with van der Waals surface area (Å²) in [7, 11) is 2.54. The second-order valence-corrected chi connectivity index (χ2v) is 8.88. The van der Waals surface area contributed by atoms with Gasteiger partial charge in [-0.25, -0.2) is 0 Å². The molecule has 1 saturated heterocycles. The van der Waals surface area contributed by atoms with Crippen molar-refractivity contribution in [3.8, 4) is 17.2 Å². The van der Waals surface area contributed by atoms with E-state index in [2.05, 4.69) is 0 Å². The molecule has 0 radical (unpaired) electrons. The first-order chi connectivity index (χ1) is 17.9. The first kappa shape index (κ1) is 27.2. The molecule has 2 N–H and O–H groups in total. The van der Waals surface area contributed by atoms with Gasteiger partial charge >= 0.3 is 6.18 Å². The van der Waals surface area contributed by atoms with Crippen molar-refractivity contribution in [1.82, 2.24) is 0 Å². The summed E-state index contributed by atoms with van der Waals surface area (Å²) in [6.45, 7) is 0. The van der Waals surface area contributed by atoms with E-state index in [-0.39, 0.29) is 44.1 Å². The number of methoxy groups -OCH3 is 2. The second-order valence-electron chi connectivity index (χ2n) is 8.10. The van der Waals surface area contributed by atoms with Crippen LogP contribution in [-0.2, 0) is 15.8 Å². The van der Waals surface area contributed by atoms with Crippen molar-refractivity contribution < 1.29 is 42.4 Å². The Kier molecular flexibility index (Phi) is 7.22. The Hall–Kier alpha value is -3.89. The number of halogens is 5. The molecule has 0 bridgehead atoms. The predicted molar refractivity (Wildman–Crippen MR) is 134 cm³/mol. The van der Waals surface area contributed by atoms with Crippen molar-refractivity contribution >= 4 is 46.3 Å². The van der Waals surface area contributed by atoms with Gasteiger partial charge in [-0.05, 0) is 42.0 Å². The zero-order valence-electron chi connectivity index (χ0n) is 19.6. The quantitative estimate of drug-likeness (QED) is 0.211. The smallest absolute Gasteiger partial charge is 0.416 e. The Balaban J connectivity index is 2.03. The van der Waals surface area contributed by atoms with Crippen molar-refractivity contribution in [2.75, 3.05) is 19.1 Å². The van der Waals surface area contributed by atoms with Gasteiger partial charge in [0.1, 0.15) is 16.5 Å². The van der Waals surface area contributed by atoms with Gasteiger partial charge in [-0.3, -0.25) is 14.5 Å². The highest BCUT2D eigenvalue weighted by molar-refractivity contribution is 6.52. The van der Waals surface area contributed by atoms with E-state index in [4.69, 9.17) is 32.7 Å². The summed E-state index contributed by atoms with van der Waals surface area (Å²) in [5.74, 6) is -3.51. The Labute approximate surface area is 224 Å². The number of carbonyl (C=O) groups is 2. The maximum absolute atomic E-state index is 13.4.